The smallest absolute Gasteiger partial charge is 0.256 e. The van der Waals surface area contributed by atoms with Crippen LogP contribution in [0.2, 0.25) is 0 Å². The van der Waals surface area contributed by atoms with Crippen LogP contribution in [-0.4, -0.2) is 36.4 Å². The van der Waals surface area contributed by atoms with Crippen LogP contribution < -0.4 is 4.90 Å². The second kappa shape index (κ2) is 7.34. The molecule has 0 aliphatic rings. The Balaban J connectivity index is 1.86. The number of carbonyl (C=O) groups is 1. The average molecular weight is 333 g/mol. The molecule has 1 aromatic heterocycles. The van der Waals surface area contributed by atoms with Gasteiger partial charge in [-0.1, -0.05) is 30.3 Å². The molecule has 1 heterocycles. The number of fused-ring (bicyclic) bond motifs is 1. The Hall–Kier alpha value is -2.88. The zero-order valence-electron chi connectivity index (χ0n) is 14.9. The number of amides is 1. The van der Waals surface area contributed by atoms with Gasteiger partial charge in [-0.25, -0.2) is 0 Å². The van der Waals surface area contributed by atoms with Gasteiger partial charge in [0.2, 0.25) is 0 Å². The number of aromatic nitrogens is 1. The molecule has 0 atom stereocenters. The Kier molecular flexibility index (Phi) is 4.98. The number of hydrogen-bond acceptors (Lipinski definition) is 3. The average Bonchev–Trinajstić information content (AvgIpc) is 2.65. The monoisotopic (exact) mass is 333 g/mol. The molecule has 1 amide bonds. The summed E-state index contributed by atoms with van der Waals surface area (Å²) in [6.45, 7) is 3.24. The standard InChI is InChI=1S/C21H23N3O/c1-4-24(15-16-10-12-18(13-11-16)23(2)3)21(25)19-9-5-7-17-8-6-14-22-20(17)19/h5-14H,4,15H2,1-3H3. The molecular formula is C21H23N3O. The molecule has 4 heteroatoms. The van der Waals surface area contributed by atoms with Crippen molar-refractivity contribution in [3.05, 3.63) is 71.9 Å². The Bertz CT molecular complexity index is 866. The topological polar surface area (TPSA) is 36.4 Å². The van der Waals surface area contributed by atoms with Crippen LogP contribution in [0.25, 0.3) is 10.9 Å². The van der Waals surface area contributed by atoms with E-state index in [-0.39, 0.29) is 5.91 Å². The third-order valence-corrected chi connectivity index (χ3v) is 4.36. The fourth-order valence-electron chi connectivity index (χ4n) is 2.89. The van der Waals surface area contributed by atoms with Gasteiger partial charge in [-0.3, -0.25) is 9.78 Å². The highest BCUT2D eigenvalue weighted by Crippen LogP contribution is 2.19. The van der Waals surface area contributed by atoms with E-state index >= 15 is 0 Å². The van der Waals surface area contributed by atoms with Crippen molar-refractivity contribution in [2.75, 3.05) is 25.5 Å². The number of carbonyl (C=O) groups excluding carboxylic acids is 1. The molecular weight excluding hydrogens is 310 g/mol. The summed E-state index contributed by atoms with van der Waals surface area (Å²) in [6.07, 6.45) is 1.73. The summed E-state index contributed by atoms with van der Waals surface area (Å²) in [5.74, 6) is 0.0171. The lowest BCUT2D eigenvalue weighted by Gasteiger charge is -2.22. The van der Waals surface area contributed by atoms with Crippen molar-refractivity contribution in [2.24, 2.45) is 0 Å². The van der Waals surface area contributed by atoms with E-state index in [1.165, 1.54) is 0 Å². The lowest BCUT2D eigenvalue weighted by molar-refractivity contribution is 0.0754. The van der Waals surface area contributed by atoms with Crippen molar-refractivity contribution in [1.82, 2.24) is 9.88 Å². The summed E-state index contributed by atoms with van der Waals surface area (Å²) in [6, 6.07) is 17.9. The molecule has 0 bridgehead atoms. The number of pyridine rings is 1. The van der Waals surface area contributed by atoms with E-state index in [1.54, 1.807) is 6.20 Å². The maximum Gasteiger partial charge on any atom is 0.256 e. The molecule has 2 aromatic carbocycles. The molecule has 128 valence electrons. The minimum absolute atomic E-state index is 0.0171. The maximum absolute atomic E-state index is 13.0. The van der Waals surface area contributed by atoms with Gasteiger partial charge in [0.15, 0.2) is 0 Å². The first-order chi connectivity index (χ1) is 12.1. The lowest BCUT2D eigenvalue weighted by atomic mass is 10.1. The highest BCUT2D eigenvalue weighted by Gasteiger charge is 2.17. The third kappa shape index (κ3) is 3.63. The molecule has 0 aliphatic carbocycles. The fraction of sp³-hybridized carbons (Fsp3) is 0.238. The van der Waals surface area contributed by atoms with Crippen LogP contribution in [0.4, 0.5) is 5.69 Å². The SMILES string of the molecule is CCN(Cc1ccc(N(C)C)cc1)C(=O)c1cccc2cccnc12. The van der Waals surface area contributed by atoms with E-state index in [4.69, 9.17) is 0 Å². The Labute approximate surface area is 148 Å². The van der Waals surface area contributed by atoms with Gasteiger partial charge in [-0.05, 0) is 36.8 Å². The number of benzene rings is 2. The molecule has 3 aromatic rings. The molecule has 3 rings (SSSR count). The number of nitrogens with zero attached hydrogens (tertiary/aromatic N) is 3. The number of rotatable bonds is 5. The fourth-order valence-corrected chi connectivity index (χ4v) is 2.89. The van der Waals surface area contributed by atoms with Crippen molar-refractivity contribution in [3.63, 3.8) is 0 Å². The van der Waals surface area contributed by atoms with Crippen molar-refractivity contribution >= 4 is 22.5 Å². The van der Waals surface area contributed by atoms with Crippen LogP contribution in [0.1, 0.15) is 22.8 Å². The first kappa shape index (κ1) is 17.0. The summed E-state index contributed by atoms with van der Waals surface area (Å²) in [4.78, 5) is 21.4. The molecule has 0 radical (unpaired) electrons. The molecule has 0 spiro atoms. The Morgan fingerprint density at radius 3 is 2.40 bits per heavy atom. The maximum atomic E-state index is 13.0. The van der Waals surface area contributed by atoms with E-state index < -0.39 is 0 Å². The minimum Gasteiger partial charge on any atom is -0.378 e. The molecule has 0 aliphatic heterocycles. The van der Waals surface area contributed by atoms with Crippen molar-refractivity contribution < 1.29 is 4.79 Å². The minimum atomic E-state index is 0.0171. The van der Waals surface area contributed by atoms with Gasteiger partial charge in [0.05, 0.1) is 11.1 Å². The van der Waals surface area contributed by atoms with Crippen LogP contribution >= 0.6 is 0 Å². The summed E-state index contributed by atoms with van der Waals surface area (Å²) in [7, 11) is 4.04. The largest absolute Gasteiger partial charge is 0.378 e. The normalized spacial score (nSPS) is 10.7. The quantitative estimate of drug-likeness (QED) is 0.709. The summed E-state index contributed by atoms with van der Waals surface area (Å²) >= 11 is 0. The molecule has 25 heavy (non-hydrogen) atoms. The molecule has 0 saturated heterocycles. The van der Waals surface area contributed by atoms with Gasteiger partial charge in [-0.15, -0.1) is 0 Å². The van der Waals surface area contributed by atoms with Crippen molar-refractivity contribution in [3.8, 4) is 0 Å². The van der Waals surface area contributed by atoms with Crippen LogP contribution in [0.5, 0.6) is 0 Å². The summed E-state index contributed by atoms with van der Waals surface area (Å²) < 4.78 is 0. The van der Waals surface area contributed by atoms with Gasteiger partial charge < -0.3 is 9.80 Å². The van der Waals surface area contributed by atoms with E-state index in [9.17, 15) is 4.79 Å². The van der Waals surface area contributed by atoms with Crippen LogP contribution in [0, 0.1) is 0 Å². The van der Waals surface area contributed by atoms with Gasteiger partial charge in [0.25, 0.3) is 5.91 Å². The first-order valence-corrected chi connectivity index (χ1v) is 8.49. The highest BCUT2D eigenvalue weighted by molar-refractivity contribution is 6.05. The Morgan fingerprint density at radius 2 is 1.72 bits per heavy atom. The second-order valence-electron chi connectivity index (χ2n) is 6.26. The van der Waals surface area contributed by atoms with E-state index in [0.717, 1.165) is 22.2 Å². The molecule has 0 unspecified atom stereocenters. The summed E-state index contributed by atoms with van der Waals surface area (Å²) in [5.41, 5.74) is 3.69. The van der Waals surface area contributed by atoms with Gasteiger partial charge in [0, 0.05) is 44.5 Å². The van der Waals surface area contributed by atoms with E-state index in [0.29, 0.717) is 18.7 Å². The van der Waals surface area contributed by atoms with Crippen LogP contribution in [0.15, 0.2) is 60.8 Å². The lowest BCUT2D eigenvalue weighted by Crippen LogP contribution is -2.30. The molecule has 0 fully saturated rings. The molecule has 0 saturated carbocycles. The van der Waals surface area contributed by atoms with Crippen molar-refractivity contribution in [1.29, 1.82) is 0 Å². The van der Waals surface area contributed by atoms with Crippen LogP contribution in [0.3, 0.4) is 0 Å². The predicted octanol–water partition coefficient (Wildman–Crippen LogP) is 3.96. The van der Waals surface area contributed by atoms with Gasteiger partial charge in [-0.2, -0.15) is 0 Å². The zero-order valence-corrected chi connectivity index (χ0v) is 14.9. The molecule has 4 nitrogen and oxygen atoms in total. The number of para-hydroxylation sites is 1. The predicted molar refractivity (Wildman–Crippen MR) is 103 cm³/mol. The zero-order chi connectivity index (χ0) is 17.8. The van der Waals surface area contributed by atoms with Gasteiger partial charge in [0.1, 0.15) is 0 Å². The Morgan fingerprint density at radius 1 is 1.00 bits per heavy atom. The number of anilines is 1. The van der Waals surface area contributed by atoms with E-state index in [1.807, 2.05) is 56.3 Å². The highest BCUT2D eigenvalue weighted by atomic mass is 16.2. The van der Waals surface area contributed by atoms with E-state index in [2.05, 4.69) is 34.1 Å². The van der Waals surface area contributed by atoms with Crippen LogP contribution in [-0.2, 0) is 6.54 Å². The first-order valence-electron chi connectivity index (χ1n) is 8.49. The van der Waals surface area contributed by atoms with Gasteiger partial charge >= 0.3 is 0 Å². The number of hydrogen-bond donors (Lipinski definition) is 0. The summed E-state index contributed by atoms with van der Waals surface area (Å²) in [5, 5.41) is 0.986. The molecule has 0 N–H and O–H groups in total. The van der Waals surface area contributed by atoms with Crippen molar-refractivity contribution in [2.45, 2.75) is 13.5 Å². The third-order valence-electron chi connectivity index (χ3n) is 4.36. The second-order valence-corrected chi connectivity index (χ2v) is 6.26.